The van der Waals surface area contributed by atoms with Gasteiger partial charge in [0.1, 0.15) is 0 Å². The van der Waals surface area contributed by atoms with Crippen LogP contribution in [0.4, 0.5) is 5.69 Å². The van der Waals surface area contributed by atoms with Crippen LogP contribution >= 0.6 is 11.3 Å². The Morgan fingerprint density at radius 3 is 3.00 bits per heavy atom. The summed E-state index contributed by atoms with van der Waals surface area (Å²) in [4.78, 5) is 1.18. The first-order chi connectivity index (χ1) is 6.86. The molecule has 0 aliphatic heterocycles. The summed E-state index contributed by atoms with van der Waals surface area (Å²) in [7, 11) is 0. The van der Waals surface area contributed by atoms with Gasteiger partial charge in [-0.25, -0.2) is 0 Å². The van der Waals surface area contributed by atoms with Crippen LogP contribution in [0.1, 0.15) is 10.6 Å². The summed E-state index contributed by atoms with van der Waals surface area (Å²) >= 11 is 1.67. The van der Waals surface area contributed by atoms with Crippen LogP contribution in [0, 0.1) is 0 Å². The number of hydrogen-bond donors (Lipinski definition) is 3. The van der Waals surface area contributed by atoms with Gasteiger partial charge < -0.3 is 11.1 Å². The molecule has 14 heavy (non-hydrogen) atoms. The Kier molecular flexibility index (Phi) is 2.81. The topological polar surface area (TPSA) is 66.7 Å². The van der Waals surface area contributed by atoms with Crippen molar-refractivity contribution in [1.29, 1.82) is 0 Å². The first-order valence-electron chi connectivity index (χ1n) is 4.37. The minimum absolute atomic E-state index is 0.789. The van der Waals surface area contributed by atoms with E-state index in [1.807, 2.05) is 17.5 Å². The predicted octanol–water partition coefficient (Wildman–Crippen LogP) is 1.34. The lowest BCUT2D eigenvalue weighted by Crippen LogP contribution is -2.12. The summed E-state index contributed by atoms with van der Waals surface area (Å²) in [5.41, 5.74) is 7.70. The SMILES string of the molecule is Nc1ccsc1CNCc1ccn[nH]1. The number of nitrogens with one attached hydrogen (secondary N) is 2. The van der Waals surface area contributed by atoms with Crippen LogP contribution in [0.5, 0.6) is 0 Å². The zero-order valence-electron chi connectivity index (χ0n) is 7.66. The standard InChI is InChI=1S/C9H12N4S/c10-8-2-4-14-9(8)6-11-5-7-1-3-12-13-7/h1-4,11H,5-6,10H2,(H,12,13). The van der Waals surface area contributed by atoms with Gasteiger partial charge in [-0.1, -0.05) is 0 Å². The molecule has 4 nitrogen and oxygen atoms in total. The maximum absolute atomic E-state index is 5.75. The molecule has 0 fully saturated rings. The highest BCUT2D eigenvalue weighted by molar-refractivity contribution is 7.10. The van der Waals surface area contributed by atoms with Crippen molar-refractivity contribution in [2.45, 2.75) is 13.1 Å². The molecule has 0 atom stereocenters. The predicted molar refractivity (Wildman–Crippen MR) is 57.9 cm³/mol. The van der Waals surface area contributed by atoms with Crippen molar-refractivity contribution < 1.29 is 0 Å². The number of hydrogen-bond acceptors (Lipinski definition) is 4. The molecule has 2 heterocycles. The number of rotatable bonds is 4. The summed E-state index contributed by atoms with van der Waals surface area (Å²) in [5, 5.41) is 12.1. The first kappa shape index (κ1) is 9.23. The van der Waals surface area contributed by atoms with E-state index >= 15 is 0 Å². The largest absolute Gasteiger partial charge is 0.398 e. The molecule has 0 aromatic carbocycles. The van der Waals surface area contributed by atoms with Crippen molar-refractivity contribution in [2.24, 2.45) is 0 Å². The van der Waals surface area contributed by atoms with E-state index in [1.165, 1.54) is 4.88 Å². The Labute approximate surface area is 86.1 Å². The van der Waals surface area contributed by atoms with Gasteiger partial charge in [0.25, 0.3) is 0 Å². The van der Waals surface area contributed by atoms with Crippen molar-refractivity contribution in [1.82, 2.24) is 15.5 Å². The number of H-pyrrole nitrogens is 1. The molecule has 0 saturated carbocycles. The highest BCUT2D eigenvalue weighted by atomic mass is 32.1. The summed E-state index contributed by atoms with van der Waals surface area (Å²) in [6.07, 6.45) is 1.75. The molecule has 74 valence electrons. The van der Waals surface area contributed by atoms with Gasteiger partial charge in [0, 0.05) is 35.5 Å². The van der Waals surface area contributed by atoms with Crippen molar-refractivity contribution in [3.05, 3.63) is 34.3 Å². The van der Waals surface area contributed by atoms with Gasteiger partial charge in [0.05, 0.1) is 0 Å². The van der Waals surface area contributed by atoms with E-state index in [4.69, 9.17) is 5.73 Å². The second kappa shape index (κ2) is 4.26. The van der Waals surface area contributed by atoms with Gasteiger partial charge in [-0.3, -0.25) is 5.10 Å². The number of nitrogen functional groups attached to an aromatic ring is 1. The minimum atomic E-state index is 0.789. The number of aromatic nitrogens is 2. The van der Waals surface area contributed by atoms with Crippen molar-refractivity contribution >= 4 is 17.0 Å². The van der Waals surface area contributed by atoms with Crippen molar-refractivity contribution in [3.63, 3.8) is 0 Å². The molecule has 0 amide bonds. The second-order valence-corrected chi connectivity index (χ2v) is 3.99. The fourth-order valence-corrected chi connectivity index (χ4v) is 1.96. The molecule has 4 N–H and O–H groups in total. The molecule has 2 aromatic heterocycles. The smallest absolute Gasteiger partial charge is 0.0490 e. The third-order valence-corrected chi connectivity index (χ3v) is 2.88. The monoisotopic (exact) mass is 208 g/mol. The van der Waals surface area contributed by atoms with E-state index in [0.717, 1.165) is 24.5 Å². The number of thiophene rings is 1. The van der Waals surface area contributed by atoms with Gasteiger partial charge >= 0.3 is 0 Å². The summed E-state index contributed by atoms with van der Waals surface area (Å²) in [6, 6.07) is 3.88. The quantitative estimate of drug-likeness (QED) is 0.710. The number of nitrogens with two attached hydrogens (primary N) is 1. The first-order valence-corrected chi connectivity index (χ1v) is 5.25. The van der Waals surface area contributed by atoms with Gasteiger partial charge in [0.15, 0.2) is 0 Å². The molecule has 2 aromatic rings. The van der Waals surface area contributed by atoms with E-state index < -0.39 is 0 Å². The number of anilines is 1. The van der Waals surface area contributed by atoms with Crippen LogP contribution in [0.3, 0.4) is 0 Å². The molecule has 5 heteroatoms. The molecule has 0 aliphatic rings. The summed E-state index contributed by atoms with van der Waals surface area (Å²) in [5.74, 6) is 0. The highest BCUT2D eigenvalue weighted by Gasteiger charge is 1.99. The Hall–Kier alpha value is -1.33. The van der Waals surface area contributed by atoms with Gasteiger partial charge in [-0.05, 0) is 17.5 Å². The Morgan fingerprint density at radius 2 is 2.36 bits per heavy atom. The zero-order chi connectivity index (χ0) is 9.80. The van der Waals surface area contributed by atoms with E-state index in [2.05, 4.69) is 15.5 Å². The van der Waals surface area contributed by atoms with E-state index in [1.54, 1.807) is 17.5 Å². The maximum atomic E-state index is 5.75. The van der Waals surface area contributed by atoms with Crippen LogP contribution in [0.15, 0.2) is 23.7 Å². The molecule has 0 aliphatic carbocycles. The Bertz CT molecular complexity index is 379. The van der Waals surface area contributed by atoms with Crippen LogP contribution < -0.4 is 11.1 Å². The van der Waals surface area contributed by atoms with Crippen LogP contribution in [0.25, 0.3) is 0 Å². The van der Waals surface area contributed by atoms with Crippen LogP contribution in [-0.4, -0.2) is 10.2 Å². The van der Waals surface area contributed by atoms with Gasteiger partial charge in [0.2, 0.25) is 0 Å². The Balaban J connectivity index is 1.81. The lowest BCUT2D eigenvalue weighted by molar-refractivity contribution is 0.685. The Morgan fingerprint density at radius 1 is 1.43 bits per heavy atom. The van der Waals surface area contributed by atoms with Crippen LogP contribution in [0.2, 0.25) is 0 Å². The molecular formula is C9H12N4S. The minimum Gasteiger partial charge on any atom is -0.398 e. The average molecular weight is 208 g/mol. The molecule has 0 unspecified atom stereocenters. The zero-order valence-corrected chi connectivity index (χ0v) is 8.47. The van der Waals surface area contributed by atoms with Gasteiger partial charge in [-0.15, -0.1) is 11.3 Å². The molecular weight excluding hydrogens is 196 g/mol. The lowest BCUT2D eigenvalue weighted by Gasteiger charge is -2.01. The molecule has 0 spiro atoms. The fraction of sp³-hybridized carbons (Fsp3) is 0.222. The average Bonchev–Trinajstić information content (AvgIpc) is 2.78. The van der Waals surface area contributed by atoms with Gasteiger partial charge in [-0.2, -0.15) is 5.10 Å². The van der Waals surface area contributed by atoms with E-state index in [9.17, 15) is 0 Å². The van der Waals surface area contributed by atoms with Crippen molar-refractivity contribution in [2.75, 3.05) is 5.73 Å². The summed E-state index contributed by atoms with van der Waals surface area (Å²) < 4.78 is 0. The van der Waals surface area contributed by atoms with E-state index in [-0.39, 0.29) is 0 Å². The maximum Gasteiger partial charge on any atom is 0.0490 e. The number of nitrogens with zero attached hydrogens (tertiary/aromatic N) is 1. The normalized spacial score (nSPS) is 10.6. The third-order valence-electron chi connectivity index (χ3n) is 1.94. The molecule has 2 rings (SSSR count). The number of aromatic amines is 1. The van der Waals surface area contributed by atoms with Crippen LogP contribution in [-0.2, 0) is 13.1 Å². The fourth-order valence-electron chi connectivity index (χ4n) is 1.19. The highest BCUT2D eigenvalue weighted by Crippen LogP contribution is 2.18. The van der Waals surface area contributed by atoms with E-state index in [0.29, 0.717) is 0 Å². The molecule has 0 bridgehead atoms. The summed E-state index contributed by atoms with van der Waals surface area (Å²) in [6.45, 7) is 1.60. The second-order valence-electron chi connectivity index (χ2n) is 2.98. The lowest BCUT2D eigenvalue weighted by atomic mass is 10.4. The van der Waals surface area contributed by atoms with Crippen molar-refractivity contribution in [3.8, 4) is 0 Å². The molecule has 0 radical (unpaired) electrons. The third kappa shape index (κ3) is 2.12. The molecule has 0 saturated heterocycles.